The summed E-state index contributed by atoms with van der Waals surface area (Å²) in [7, 11) is 0. The first kappa shape index (κ1) is 13.2. The molecule has 7 heteroatoms. The van der Waals surface area contributed by atoms with Crippen LogP contribution in [0.25, 0.3) is 0 Å². The normalized spacial score (nSPS) is 12.9. The quantitative estimate of drug-likeness (QED) is 0.808. The Morgan fingerprint density at radius 2 is 1.69 bits per heavy atom. The summed E-state index contributed by atoms with van der Waals surface area (Å²) in [6.45, 7) is -1.56. The van der Waals surface area contributed by atoms with Gasteiger partial charge in [0.05, 0.1) is 10.6 Å². The lowest BCUT2D eigenvalue weighted by Gasteiger charge is -2.16. The van der Waals surface area contributed by atoms with Crippen LogP contribution in [-0.2, 0) is 12.1 Å². The summed E-state index contributed by atoms with van der Waals surface area (Å²) in [6, 6.07) is 1.70. The zero-order valence-electron chi connectivity index (χ0n) is 7.65. The number of aliphatic hydroxyl groups is 1. The maximum absolute atomic E-state index is 12.9. The van der Waals surface area contributed by atoms with Crippen LogP contribution >= 0.6 is 11.6 Å². The number of hydrogen-bond donors (Lipinski definition) is 1. The van der Waals surface area contributed by atoms with E-state index in [-0.39, 0.29) is 6.07 Å². The van der Waals surface area contributed by atoms with E-state index in [1.165, 1.54) is 0 Å². The van der Waals surface area contributed by atoms with E-state index in [1.54, 1.807) is 0 Å². The summed E-state index contributed by atoms with van der Waals surface area (Å²) >= 11 is 5.25. The van der Waals surface area contributed by atoms with Crippen molar-refractivity contribution < 1.29 is 27.1 Å². The standard InChI is InChI=1S/C9H6ClF5O/c10-7-2-1-5(8(11,12)4-16)3-6(7)9(13,14)15/h1-3,16H,4H2. The van der Waals surface area contributed by atoms with Gasteiger partial charge in [-0.3, -0.25) is 0 Å². The van der Waals surface area contributed by atoms with Crippen LogP contribution in [0.3, 0.4) is 0 Å². The van der Waals surface area contributed by atoms with Crippen molar-refractivity contribution in [2.75, 3.05) is 6.61 Å². The molecule has 16 heavy (non-hydrogen) atoms. The number of alkyl halides is 5. The molecule has 1 rings (SSSR count). The van der Waals surface area contributed by atoms with Crippen LogP contribution in [-0.4, -0.2) is 11.7 Å². The van der Waals surface area contributed by atoms with Crippen molar-refractivity contribution in [3.05, 3.63) is 34.3 Å². The maximum atomic E-state index is 12.9. The Hall–Kier alpha value is -0.880. The molecule has 1 nitrogen and oxygen atoms in total. The molecule has 0 fully saturated rings. The lowest BCUT2D eigenvalue weighted by molar-refractivity contribution is -0.137. The van der Waals surface area contributed by atoms with Crippen molar-refractivity contribution >= 4 is 11.6 Å². The molecule has 0 aliphatic heterocycles. The highest BCUT2D eigenvalue weighted by atomic mass is 35.5. The van der Waals surface area contributed by atoms with E-state index in [1.807, 2.05) is 0 Å². The van der Waals surface area contributed by atoms with Crippen molar-refractivity contribution in [2.24, 2.45) is 0 Å². The first-order valence-corrected chi connectivity index (χ1v) is 4.42. The average Bonchev–Trinajstić information content (AvgIpc) is 2.16. The molecule has 0 radical (unpaired) electrons. The van der Waals surface area contributed by atoms with Crippen molar-refractivity contribution in [1.82, 2.24) is 0 Å². The highest BCUT2D eigenvalue weighted by Gasteiger charge is 2.37. The summed E-state index contributed by atoms with van der Waals surface area (Å²) in [5.41, 5.74) is -2.27. The number of benzene rings is 1. The van der Waals surface area contributed by atoms with Crippen LogP contribution in [0.4, 0.5) is 22.0 Å². The number of aliphatic hydroxyl groups excluding tert-OH is 1. The highest BCUT2D eigenvalue weighted by molar-refractivity contribution is 6.31. The maximum Gasteiger partial charge on any atom is 0.417 e. The SMILES string of the molecule is OCC(F)(F)c1ccc(Cl)c(C(F)(F)F)c1. The number of hydrogen-bond acceptors (Lipinski definition) is 1. The first-order valence-electron chi connectivity index (χ1n) is 4.04. The molecule has 0 aliphatic carbocycles. The molecule has 0 heterocycles. The first-order chi connectivity index (χ1) is 7.18. The predicted octanol–water partition coefficient (Wildman–Crippen LogP) is 3.44. The van der Waals surface area contributed by atoms with Gasteiger partial charge in [0.15, 0.2) is 0 Å². The summed E-state index contributed by atoms with van der Waals surface area (Å²) < 4.78 is 62.8. The minimum atomic E-state index is -4.81. The van der Waals surface area contributed by atoms with E-state index in [0.29, 0.717) is 0 Å². The van der Waals surface area contributed by atoms with Crippen LogP contribution in [0.2, 0.25) is 5.02 Å². The molecule has 0 aliphatic rings. The van der Waals surface area contributed by atoms with Gasteiger partial charge < -0.3 is 5.11 Å². The fourth-order valence-electron chi connectivity index (χ4n) is 1.06. The van der Waals surface area contributed by atoms with E-state index in [9.17, 15) is 22.0 Å². The lowest BCUT2D eigenvalue weighted by atomic mass is 10.1. The molecule has 90 valence electrons. The molecule has 0 amide bonds. The summed E-state index contributed by atoms with van der Waals surface area (Å²) in [5, 5.41) is 7.68. The third-order valence-electron chi connectivity index (χ3n) is 1.89. The van der Waals surface area contributed by atoms with Gasteiger partial charge in [-0.15, -0.1) is 0 Å². The molecule has 0 saturated heterocycles. The molecule has 0 unspecified atom stereocenters. The summed E-state index contributed by atoms with van der Waals surface area (Å²) in [5.74, 6) is -3.72. The van der Waals surface area contributed by atoms with Crippen molar-refractivity contribution in [1.29, 1.82) is 0 Å². The summed E-state index contributed by atoms with van der Waals surface area (Å²) in [4.78, 5) is 0. The zero-order valence-corrected chi connectivity index (χ0v) is 8.41. The molecule has 0 bridgehead atoms. The van der Waals surface area contributed by atoms with Crippen LogP contribution in [0, 0.1) is 0 Å². The minimum Gasteiger partial charge on any atom is -0.390 e. The molecule has 0 spiro atoms. The largest absolute Gasteiger partial charge is 0.417 e. The lowest BCUT2D eigenvalue weighted by Crippen LogP contribution is -2.19. The van der Waals surface area contributed by atoms with Crippen LogP contribution in [0.1, 0.15) is 11.1 Å². The van der Waals surface area contributed by atoms with Gasteiger partial charge in [0.25, 0.3) is 5.92 Å². The van der Waals surface area contributed by atoms with Gasteiger partial charge in [-0.2, -0.15) is 22.0 Å². The predicted molar refractivity (Wildman–Crippen MR) is 47.4 cm³/mol. The van der Waals surface area contributed by atoms with E-state index in [2.05, 4.69) is 0 Å². The molecule has 1 aromatic carbocycles. The Morgan fingerprint density at radius 3 is 2.12 bits per heavy atom. The summed E-state index contributed by atoms with van der Waals surface area (Å²) in [6.07, 6.45) is -4.81. The third-order valence-corrected chi connectivity index (χ3v) is 2.22. The van der Waals surface area contributed by atoms with Crippen LogP contribution < -0.4 is 0 Å². The Balaban J connectivity index is 3.29. The van der Waals surface area contributed by atoms with E-state index < -0.39 is 34.9 Å². The van der Waals surface area contributed by atoms with Crippen LogP contribution in [0.15, 0.2) is 18.2 Å². The van der Waals surface area contributed by atoms with Crippen molar-refractivity contribution in [2.45, 2.75) is 12.1 Å². The smallest absolute Gasteiger partial charge is 0.390 e. The van der Waals surface area contributed by atoms with Gasteiger partial charge >= 0.3 is 6.18 Å². The Labute approximate surface area is 92.5 Å². The number of halogens is 6. The van der Waals surface area contributed by atoms with Gasteiger partial charge in [-0.05, 0) is 12.1 Å². The molecule has 1 aromatic rings. The Kier molecular flexibility index (Phi) is 3.44. The van der Waals surface area contributed by atoms with Gasteiger partial charge in [0.1, 0.15) is 6.61 Å². The third kappa shape index (κ3) is 2.62. The number of rotatable bonds is 2. The van der Waals surface area contributed by atoms with Gasteiger partial charge in [-0.1, -0.05) is 17.7 Å². The second-order valence-electron chi connectivity index (χ2n) is 3.05. The second kappa shape index (κ2) is 4.18. The van der Waals surface area contributed by atoms with Gasteiger partial charge in [0, 0.05) is 5.56 Å². The van der Waals surface area contributed by atoms with Crippen molar-refractivity contribution in [3.8, 4) is 0 Å². The van der Waals surface area contributed by atoms with Crippen molar-refractivity contribution in [3.63, 3.8) is 0 Å². The second-order valence-corrected chi connectivity index (χ2v) is 3.46. The fraction of sp³-hybridized carbons (Fsp3) is 0.333. The average molecular weight is 261 g/mol. The Bertz CT molecular complexity index is 388. The molecule has 0 saturated carbocycles. The van der Waals surface area contributed by atoms with Crippen LogP contribution in [0.5, 0.6) is 0 Å². The molecule has 0 atom stereocenters. The van der Waals surface area contributed by atoms with Gasteiger partial charge in [-0.25, -0.2) is 0 Å². The molecule has 1 N–H and O–H groups in total. The molecular weight excluding hydrogens is 255 g/mol. The molecule has 0 aromatic heterocycles. The highest BCUT2D eigenvalue weighted by Crippen LogP contribution is 2.38. The van der Waals surface area contributed by atoms with E-state index in [4.69, 9.17) is 16.7 Å². The topological polar surface area (TPSA) is 20.2 Å². The monoisotopic (exact) mass is 260 g/mol. The fourth-order valence-corrected chi connectivity index (χ4v) is 1.29. The van der Waals surface area contributed by atoms with E-state index >= 15 is 0 Å². The Morgan fingerprint density at radius 1 is 1.12 bits per heavy atom. The minimum absolute atomic E-state index is 0.235. The zero-order chi connectivity index (χ0) is 12.6. The van der Waals surface area contributed by atoms with E-state index in [0.717, 1.165) is 12.1 Å². The molecular formula is C9H6ClF5O. The van der Waals surface area contributed by atoms with Gasteiger partial charge in [0.2, 0.25) is 0 Å².